The van der Waals surface area contributed by atoms with Crippen LogP contribution in [0, 0.1) is 6.92 Å². The summed E-state index contributed by atoms with van der Waals surface area (Å²) < 4.78 is 7.19. The first-order chi connectivity index (χ1) is 15.4. The third-order valence-corrected chi connectivity index (χ3v) is 8.26. The summed E-state index contributed by atoms with van der Waals surface area (Å²) in [4.78, 5) is 21.8. The minimum absolute atomic E-state index is 0.0672. The molecule has 1 aliphatic carbocycles. The SMILES string of the molecule is CNC(O)c1c(C)sc2c1C=CC(Oc1ccnc3cc(C(=O)N4CCC(O)C4)sc13)C2. The lowest BCUT2D eigenvalue weighted by Gasteiger charge is -2.20. The van der Waals surface area contributed by atoms with Gasteiger partial charge in [0.2, 0.25) is 0 Å². The topological polar surface area (TPSA) is 94.9 Å². The molecule has 9 heteroatoms. The van der Waals surface area contributed by atoms with Gasteiger partial charge in [-0.2, -0.15) is 0 Å². The van der Waals surface area contributed by atoms with E-state index in [0.717, 1.165) is 32.6 Å². The number of nitrogens with zero attached hydrogens (tertiary/aromatic N) is 2. The molecule has 4 heterocycles. The van der Waals surface area contributed by atoms with Gasteiger partial charge in [0.15, 0.2) is 0 Å². The number of carbonyl (C=O) groups is 1. The summed E-state index contributed by atoms with van der Waals surface area (Å²) >= 11 is 3.07. The first-order valence-electron chi connectivity index (χ1n) is 10.6. The van der Waals surface area contributed by atoms with Gasteiger partial charge in [0.1, 0.15) is 18.1 Å². The number of amides is 1. The summed E-state index contributed by atoms with van der Waals surface area (Å²) in [7, 11) is 1.74. The van der Waals surface area contributed by atoms with E-state index in [1.54, 1.807) is 29.5 Å². The van der Waals surface area contributed by atoms with E-state index in [9.17, 15) is 15.0 Å². The van der Waals surface area contributed by atoms with Crippen molar-refractivity contribution in [3.8, 4) is 5.75 Å². The molecule has 1 aliphatic heterocycles. The molecule has 3 unspecified atom stereocenters. The smallest absolute Gasteiger partial charge is 0.264 e. The van der Waals surface area contributed by atoms with Gasteiger partial charge in [0.25, 0.3) is 5.91 Å². The van der Waals surface area contributed by atoms with Crippen LogP contribution < -0.4 is 10.1 Å². The number of β-amino-alcohol motifs (C(OH)–C–C–N with tert-alkyl or cyclic N) is 1. The number of rotatable bonds is 5. The highest BCUT2D eigenvalue weighted by atomic mass is 32.1. The third kappa shape index (κ3) is 3.84. The van der Waals surface area contributed by atoms with Crippen LogP contribution in [-0.2, 0) is 6.42 Å². The van der Waals surface area contributed by atoms with Gasteiger partial charge in [0.05, 0.1) is 21.2 Å². The van der Waals surface area contributed by atoms with Crippen LogP contribution in [-0.4, -0.2) is 58.3 Å². The highest BCUT2D eigenvalue weighted by molar-refractivity contribution is 7.21. The number of aliphatic hydroxyl groups excluding tert-OH is 2. The maximum Gasteiger partial charge on any atom is 0.264 e. The van der Waals surface area contributed by atoms with Crippen molar-refractivity contribution in [2.24, 2.45) is 0 Å². The Hall–Kier alpha value is -2.30. The van der Waals surface area contributed by atoms with Gasteiger partial charge in [-0.05, 0) is 38.1 Å². The number of thiophene rings is 2. The van der Waals surface area contributed by atoms with Gasteiger partial charge in [0, 0.05) is 47.1 Å². The minimum Gasteiger partial charge on any atom is -0.484 e. The van der Waals surface area contributed by atoms with Crippen molar-refractivity contribution < 1.29 is 19.7 Å². The number of aryl methyl sites for hydroxylation is 1. The number of ether oxygens (including phenoxy) is 1. The number of aliphatic hydroxyl groups is 2. The molecule has 1 fully saturated rings. The monoisotopic (exact) mass is 471 g/mol. The maximum absolute atomic E-state index is 12.8. The molecular formula is C23H25N3O4S2. The molecule has 0 saturated carbocycles. The van der Waals surface area contributed by atoms with Gasteiger partial charge < -0.3 is 19.8 Å². The second-order valence-corrected chi connectivity index (χ2v) is 10.5. The van der Waals surface area contributed by atoms with E-state index in [-0.39, 0.29) is 12.0 Å². The molecule has 7 nitrogen and oxygen atoms in total. The molecule has 0 aromatic carbocycles. The van der Waals surface area contributed by atoms with Crippen LogP contribution in [0.25, 0.3) is 16.3 Å². The third-order valence-electron chi connectivity index (χ3n) is 5.97. The molecule has 5 rings (SSSR count). The van der Waals surface area contributed by atoms with E-state index in [2.05, 4.69) is 10.3 Å². The predicted molar refractivity (Wildman–Crippen MR) is 126 cm³/mol. The number of likely N-dealkylation sites (tertiary alicyclic amines) is 1. The number of fused-ring (bicyclic) bond motifs is 2. The van der Waals surface area contributed by atoms with E-state index in [1.165, 1.54) is 16.2 Å². The average Bonchev–Trinajstić information content (AvgIpc) is 3.49. The summed E-state index contributed by atoms with van der Waals surface area (Å²) in [5.41, 5.74) is 2.75. The van der Waals surface area contributed by atoms with Crippen LogP contribution in [0.2, 0.25) is 0 Å². The quantitative estimate of drug-likeness (QED) is 0.495. The molecule has 2 aliphatic rings. The van der Waals surface area contributed by atoms with Crippen molar-refractivity contribution in [2.75, 3.05) is 20.1 Å². The van der Waals surface area contributed by atoms with Crippen LogP contribution in [0.3, 0.4) is 0 Å². The van der Waals surface area contributed by atoms with E-state index in [4.69, 9.17) is 4.74 Å². The van der Waals surface area contributed by atoms with Crippen LogP contribution in [0.4, 0.5) is 0 Å². The second-order valence-electron chi connectivity index (χ2n) is 8.15. The van der Waals surface area contributed by atoms with E-state index >= 15 is 0 Å². The maximum atomic E-state index is 12.8. The Morgan fingerprint density at radius 1 is 1.41 bits per heavy atom. The Morgan fingerprint density at radius 3 is 3.00 bits per heavy atom. The van der Waals surface area contributed by atoms with Gasteiger partial charge >= 0.3 is 0 Å². The van der Waals surface area contributed by atoms with Crippen LogP contribution >= 0.6 is 22.7 Å². The molecule has 1 saturated heterocycles. The Balaban J connectivity index is 1.38. The van der Waals surface area contributed by atoms with Crippen molar-refractivity contribution >= 4 is 44.9 Å². The molecule has 3 aromatic rings. The second kappa shape index (κ2) is 8.57. The van der Waals surface area contributed by atoms with Gasteiger partial charge in [-0.1, -0.05) is 6.08 Å². The number of pyridine rings is 1. The zero-order valence-corrected chi connectivity index (χ0v) is 19.5. The van der Waals surface area contributed by atoms with Crippen molar-refractivity contribution in [1.29, 1.82) is 0 Å². The molecule has 168 valence electrons. The fraction of sp³-hybridized carbons (Fsp3) is 0.391. The van der Waals surface area contributed by atoms with Crippen molar-refractivity contribution in [3.63, 3.8) is 0 Å². The lowest BCUT2D eigenvalue weighted by Crippen LogP contribution is -2.28. The van der Waals surface area contributed by atoms with Crippen molar-refractivity contribution in [2.45, 2.75) is 38.2 Å². The minimum atomic E-state index is -0.685. The van der Waals surface area contributed by atoms with Crippen LogP contribution in [0.5, 0.6) is 5.75 Å². The Kier molecular flexibility index (Phi) is 5.77. The number of hydrogen-bond acceptors (Lipinski definition) is 8. The first kappa shape index (κ1) is 21.5. The molecule has 3 aromatic heterocycles. The van der Waals surface area contributed by atoms with Gasteiger partial charge in [-0.25, -0.2) is 0 Å². The molecule has 0 bridgehead atoms. The van der Waals surface area contributed by atoms with E-state index in [1.807, 2.05) is 31.2 Å². The fourth-order valence-corrected chi connectivity index (χ4v) is 6.62. The Bertz CT molecular complexity index is 1200. The predicted octanol–water partition coefficient (Wildman–Crippen LogP) is 3.10. The molecule has 0 spiro atoms. The Morgan fingerprint density at radius 2 is 2.25 bits per heavy atom. The van der Waals surface area contributed by atoms with Gasteiger partial charge in [-0.15, -0.1) is 22.7 Å². The largest absolute Gasteiger partial charge is 0.484 e. The highest BCUT2D eigenvalue weighted by Gasteiger charge is 2.28. The van der Waals surface area contributed by atoms with Crippen LogP contribution in [0.1, 0.15) is 43.2 Å². The first-order valence-corrected chi connectivity index (χ1v) is 12.3. The molecule has 1 amide bonds. The number of carbonyl (C=O) groups excluding carboxylic acids is 1. The highest BCUT2D eigenvalue weighted by Crippen LogP contribution is 2.38. The molecule has 0 radical (unpaired) electrons. The molecule has 3 N–H and O–H groups in total. The summed E-state index contributed by atoms with van der Waals surface area (Å²) in [6, 6.07) is 3.65. The zero-order valence-electron chi connectivity index (χ0n) is 17.9. The normalized spacial score (nSPS) is 21.2. The lowest BCUT2D eigenvalue weighted by molar-refractivity contribution is 0.0769. The number of hydrogen-bond donors (Lipinski definition) is 3. The lowest BCUT2D eigenvalue weighted by atomic mass is 9.98. The average molecular weight is 472 g/mol. The zero-order chi connectivity index (χ0) is 22.4. The summed E-state index contributed by atoms with van der Waals surface area (Å²) in [6.07, 6.45) is 5.84. The molecule has 32 heavy (non-hydrogen) atoms. The van der Waals surface area contributed by atoms with Crippen molar-refractivity contribution in [1.82, 2.24) is 15.2 Å². The molecule has 3 atom stereocenters. The van der Waals surface area contributed by atoms with Gasteiger partial charge in [-0.3, -0.25) is 15.1 Å². The summed E-state index contributed by atoms with van der Waals surface area (Å²) in [6.45, 7) is 2.98. The molecular weight excluding hydrogens is 446 g/mol. The van der Waals surface area contributed by atoms with Crippen LogP contribution in [0.15, 0.2) is 24.4 Å². The number of nitrogens with one attached hydrogen (secondary N) is 1. The summed E-state index contributed by atoms with van der Waals surface area (Å²) in [5, 5.41) is 23.0. The summed E-state index contributed by atoms with van der Waals surface area (Å²) in [5.74, 6) is 0.643. The number of aromatic nitrogens is 1. The van der Waals surface area contributed by atoms with E-state index < -0.39 is 12.3 Å². The Labute approximate surface area is 194 Å². The standard InChI is InChI=1S/C23H25N3O4S2/c1-12-20(22(28)24-2)15-4-3-14(9-18(15)31-12)30-17-5-7-25-16-10-19(32-21(16)17)23(29)26-8-6-13(27)11-26/h3-5,7,10,13-14,22,24,27-28H,6,8-9,11H2,1-2H3. The fourth-order valence-electron chi connectivity index (χ4n) is 4.35. The van der Waals surface area contributed by atoms with E-state index in [0.29, 0.717) is 30.1 Å². The van der Waals surface area contributed by atoms with Crippen molar-refractivity contribution in [3.05, 3.63) is 50.2 Å².